The number of rotatable bonds is 5. The van der Waals surface area contributed by atoms with Crippen molar-refractivity contribution in [3.63, 3.8) is 0 Å². The minimum absolute atomic E-state index is 0.0344. The predicted molar refractivity (Wildman–Crippen MR) is 136 cm³/mol. The highest BCUT2D eigenvalue weighted by Crippen LogP contribution is 2.39. The second kappa shape index (κ2) is 9.46. The lowest BCUT2D eigenvalue weighted by molar-refractivity contribution is -0.387. The summed E-state index contributed by atoms with van der Waals surface area (Å²) >= 11 is 13.8. The monoisotopic (exact) mass is 498 g/mol. The molecule has 0 saturated carbocycles. The largest absolute Gasteiger partial charge is 0.283 e. The second-order valence-electron chi connectivity index (χ2n) is 6.90. The Kier molecular flexibility index (Phi) is 6.66. The molecule has 1 aliphatic heterocycles. The molecule has 3 aromatic carbocycles. The predicted octanol–water partition coefficient (Wildman–Crippen LogP) is 7.11. The van der Waals surface area contributed by atoms with E-state index in [9.17, 15) is 14.9 Å². The maximum atomic E-state index is 13.0. The van der Waals surface area contributed by atoms with Crippen LogP contribution in [-0.4, -0.2) is 15.2 Å². The molecule has 0 spiro atoms. The topological polar surface area (TPSA) is 63.5 Å². The number of carbonyl (C=O) groups excluding carboxylic acids is 1. The number of nitro benzene ring substituents is 1. The Bertz CT molecular complexity index is 1280. The Morgan fingerprint density at radius 1 is 1.12 bits per heavy atom. The van der Waals surface area contributed by atoms with E-state index in [1.807, 2.05) is 31.2 Å². The molecule has 0 aromatic heterocycles. The molecule has 1 fully saturated rings. The second-order valence-corrected chi connectivity index (χ2v) is 10.1. The lowest BCUT2D eigenvalue weighted by atomic mass is 10.1. The number of thioether (sulfide) groups is 1. The zero-order chi connectivity index (χ0) is 22.8. The Labute approximate surface area is 203 Å². The van der Waals surface area contributed by atoms with Crippen LogP contribution in [0.5, 0.6) is 0 Å². The number of thiocarbonyl (C=S) groups is 1. The van der Waals surface area contributed by atoms with Crippen molar-refractivity contribution in [2.75, 3.05) is 4.90 Å². The van der Waals surface area contributed by atoms with Crippen molar-refractivity contribution in [1.82, 2.24) is 0 Å². The number of carbonyl (C=O) groups is 1. The highest BCUT2D eigenvalue weighted by atomic mass is 35.5. The molecule has 0 radical (unpaired) electrons. The minimum atomic E-state index is -0.423. The lowest BCUT2D eigenvalue weighted by Crippen LogP contribution is -2.27. The SMILES string of the molecule is Cc1cccc(N2C(=O)/C(=C\c3ccc(Sc4ccc(Cl)cc4)c([N+](=O)[O-])c3)SC2=S)c1. The van der Waals surface area contributed by atoms with Crippen LogP contribution in [0.15, 0.2) is 81.4 Å². The number of halogens is 1. The normalized spacial score (nSPS) is 14.9. The zero-order valence-electron chi connectivity index (χ0n) is 16.7. The number of amides is 1. The summed E-state index contributed by atoms with van der Waals surface area (Å²) in [6, 6.07) is 19.5. The Balaban J connectivity index is 1.63. The first-order chi connectivity index (χ1) is 15.3. The van der Waals surface area contributed by atoms with Crippen LogP contribution in [0.4, 0.5) is 11.4 Å². The molecule has 0 aliphatic carbocycles. The molecule has 9 heteroatoms. The van der Waals surface area contributed by atoms with E-state index < -0.39 is 4.92 Å². The average molecular weight is 499 g/mol. The van der Waals surface area contributed by atoms with Crippen LogP contribution in [-0.2, 0) is 4.79 Å². The van der Waals surface area contributed by atoms with Gasteiger partial charge in [0.15, 0.2) is 4.32 Å². The van der Waals surface area contributed by atoms with E-state index in [-0.39, 0.29) is 11.6 Å². The Morgan fingerprint density at radius 2 is 1.88 bits per heavy atom. The molecule has 0 N–H and O–H groups in total. The molecular weight excluding hydrogens is 484 g/mol. The van der Waals surface area contributed by atoms with Gasteiger partial charge in [-0.25, -0.2) is 0 Å². The molecule has 0 atom stereocenters. The number of aryl methyl sites for hydroxylation is 1. The summed E-state index contributed by atoms with van der Waals surface area (Å²) in [5, 5.41) is 12.3. The van der Waals surface area contributed by atoms with Gasteiger partial charge in [0.2, 0.25) is 0 Å². The molecule has 4 rings (SSSR count). The first-order valence-corrected chi connectivity index (χ1v) is 11.8. The Hall–Kier alpha value is -2.65. The number of hydrogen-bond donors (Lipinski definition) is 0. The van der Waals surface area contributed by atoms with Gasteiger partial charge < -0.3 is 0 Å². The molecule has 0 unspecified atom stereocenters. The smallest absolute Gasteiger partial charge is 0.268 e. The van der Waals surface area contributed by atoms with E-state index in [1.54, 1.807) is 42.5 Å². The summed E-state index contributed by atoms with van der Waals surface area (Å²) in [4.78, 5) is 27.5. The fraction of sp³-hybridized carbons (Fsp3) is 0.0435. The van der Waals surface area contributed by atoms with Gasteiger partial charge in [0, 0.05) is 16.0 Å². The standard InChI is InChI=1S/C23H15ClN2O3S3/c1-14-3-2-4-17(11-14)25-22(27)21(32-23(25)30)13-15-5-10-20(19(12-15)26(28)29)31-18-8-6-16(24)7-9-18/h2-13H,1H3/b21-13+. The van der Waals surface area contributed by atoms with Crippen LogP contribution < -0.4 is 4.90 Å². The highest BCUT2D eigenvalue weighted by molar-refractivity contribution is 8.27. The number of nitrogens with zero attached hydrogens (tertiary/aromatic N) is 2. The van der Waals surface area contributed by atoms with Gasteiger partial charge in [-0.15, -0.1) is 0 Å². The summed E-state index contributed by atoms with van der Waals surface area (Å²) in [5.41, 5.74) is 2.25. The van der Waals surface area contributed by atoms with E-state index in [1.165, 1.54) is 34.5 Å². The fourth-order valence-electron chi connectivity index (χ4n) is 3.09. The van der Waals surface area contributed by atoms with Gasteiger partial charge in [-0.05, 0) is 66.6 Å². The molecule has 3 aromatic rings. The van der Waals surface area contributed by atoms with Gasteiger partial charge in [-0.1, -0.05) is 65.5 Å². The summed E-state index contributed by atoms with van der Waals surface area (Å²) in [6.07, 6.45) is 1.64. The molecule has 1 saturated heterocycles. The van der Waals surface area contributed by atoms with Crippen molar-refractivity contribution in [2.45, 2.75) is 16.7 Å². The average Bonchev–Trinajstić information content (AvgIpc) is 3.03. The quantitative estimate of drug-likeness (QED) is 0.161. The van der Waals surface area contributed by atoms with E-state index in [4.69, 9.17) is 23.8 Å². The molecule has 0 bridgehead atoms. The van der Waals surface area contributed by atoms with Crippen LogP contribution in [0, 0.1) is 17.0 Å². The van der Waals surface area contributed by atoms with Crippen molar-refractivity contribution in [2.24, 2.45) is 0 Å². The summed E-state index contributed by atoms with van der Waals surface area (Å²) < 4.78 is 0.427. The van der Waals surface area contributed by atoms with Crippen molar-refractivity contribution in [1.29, 1.82) is 0 Å². The Morgan fingerprint density at radius 3 is 2.56 bits per heavy atom. The van der Waals surface area contributed by atoms with Gasteiger partial charge in [0.05, 0.1) is 20.4 Å². The van der Waals surface area contributed by atoms with Gasteiger partial charge in [0.1, 0.15) is 0 Å². The van der Waals surface area contributed by atoms with Crippen LogP contribution in [0.25, 0.3) is 6.08 Å². The van der Waals surface area contributed by atoms with Crippen molar-refractivity contribution >= 4 is 75.0 Å². The third-order valence-electron chi connectivity index (χ3n) is 4.57. The molecule has 1 amide bonds. The van der Waals surface area contributed by atoms with E-state index in [0.717, 1.165) is 10.5 Å². The molecule has 1 heterocycles. The van der Waals surface area contributed by atoms with Crippen LogP contribution in [0.1, 0.15) is 11.1 Å². The number of nitro groups is 1. The highest BCUT2D eigenvalue weighted by Gasteiger charge is 2.33. The third-order valence-corrected chi connectivity index (χ3v) is 7.20. The van der Waals surface area contributed by atoms with Crippen LogP contribution in [0.3, 0.4) is 0 Å². The number of hydrogen-bond acceptors (Lipinski definition) is 6. The van der Waals surface area contributed by atoms with Crippen molar-refractivity contribution in [3.05, 3.63) is 97.9 Å². The summed E-state index contributed by atoms with van der Waals surface area (Å²) in [5.74, 6) is -0.243. The molecule has 5 nitrogen and oxygen atoms in total. The third kappa shape index (κ3) is 4.88. The van der Waals surface area contributed by atoms with E-state index in [0.29, 0.717) is 30.4 Å². The first-order valence-electron chi connectivity index (χ1n) is 9.38. The fourth-order valence-corrected chi connectivity index (χ4v) is 5.42. The lowest BCUT2D eigenvalue weighted by Gasteiger charge is -2.14. The number of benzene rings is 3. The minimum Gasteiger partial charge on any atom is -0.268 e. The summed E-state index contributed by atoms with van der Waals surface area (Å²) in [7, 11) is 0. The molecular formula is C23H15ClN2O3S3. The first kappa shape index (κ1) is 22.5. The maximum Gasteiger partial charge on any atom is 0.283 e. The molecule has 1 aliphatic rings. The van der Waals surface area contributed by atoms with Crippen molar-refractivity contribution < 1.29 is 9.72 Å². The molecule has 160 valence electrons. The van der Waals surface area contributed by atoms with Gasteiger partial charge in [-0.2, -0.15) is 0 Å². The molecule has 32 heavy (non-hydrogen) atoms. The van der Waals surface area contributed by atoms with E-state index in [2.05, 4.69) is 0 Å². The van der Waals surface area contributed by atoms with Gasteiger partial charge in [-0.3, -0.25) is 19.8 Å². The van der Waals surface area contributed by atoms with E-state index >= 15 is 0 Å². The van der Waals surface area contributed by atoms with Gasteiger partial charge >= 0.3 is 0 Å². The van der Waals surface area contributed by atoms with Crippen LogP contribution in [0.2, 0.25) is 5.02 Å². The zero-order valence-corrected chi connectivity index (χ0v) is 19.9. The van der Waals surface area contributed by atoms with Crippen LogP contribution >= 0.6 is 47.3 Å². The maximum absolute atomic E-state index is 13.0. The van der Waals surface area contributed by atoms with Crippen molar-refractivity contribution in [3.8, 4) is 0 Å². The number of anilines is 1. The van der Waals surface area contributed by atoms with Gasteiger partial charge in [0.25, 0.3) is 11.6 Å². The summed E-state index contributed by atoms with van der Waals surface area (Å²) in [6.45, 7) is 1.94.